The van der Waals surface area contributed by atoms with Crippen LogP contribution in [0.3, 0.4) is 0 Å². The predicted molar refractivity (Wildman–Crippen MR) is 113 cm³/mol. The molecule has 2 N–H and O–H groups in total. The Morgan fingerprint density at radius 3 is 2.46 bits per heavy atom. The number of likely N-dealkylation sites (tertiary alicyclic amines) is 1. The Balaban J connectivity index is 0.00000280. The van der Waals surface area contributed by atoms with Crippen molar-refractivity contribution in [3.63, 3.8) is 0 Å². The fourth-order valence-corrected chi connectivity index (χ4v) is 3.46. The molecule has 0 aromatic heterocycles. The molecular weight excluding hydrogens is 374 g/mol. The summed E-state index contributed by atoms with van der Waals surface area (Å²) >= 11 is 0. The molecule has 1 aliphatic rings. The van der Waals surface area contributed by atoms with Crippen molar-refractivity contribution in [2.24, 2.45) is 5.73 Å². The Hall–Kier alpha value is -2.37. The van der Waals surface area contributed by atoms with E-state index in [0.717, 1.165) is 24.9 Å². The van der Waals surface area contributed by atoms with E-state index in [4.69, 9.17) is 5.73 Å². The summed E-state index contributed by atoms with van der Waals surface area (Å²) in [6, 6.07) is 17.7. The molecule has 2 aromatic carbocycles. The molecule has 28 heavy (non-hydrogen) atoms. The lowest BCUT2D eigenvalue weighted by molar-refractivity contribution is -0.128. The van der Waals surface area contributed by atoms with Gasteiger partial charge in [-0.25, -0.2) is 0 Å². The second-order valence-electron chi connectivity index (χ2n) is 6.94. The molecule has 0 atom stereocenters. The molecule has 0 aliphatic carbocycles. The molecule has 0 bridgehead atoms. The number of hydrogen-bond donors (Lipinski definition) is 1. The maximum atomic E-state index is 13.0. The highest BCUT2D eigenvalue weighted by atomic mass is 35.5. The zero-order valence-electron chi connectivity index (χ0n) is 16.0. The van der Waals surface area contributed by atoms with E-state index in [9.17, 15) is 9.59 Å². The monoisotopic (exact) mass is 401 g/mol. The molecule has 0 unspecified atom stereocenters. The second kappa shape index (κ2) is 10.8. The number of carbonyl (C=O) groups is 2. The average Bonchev–Trinajstić information content (AvgIpc) is 3.10. The predicted octanol–water partition coefficient (Wildman–Crippen LogP) is 2.87. The smallest absolute Gasteiger partial charge is 0.253 e. The minimum atomic E-state index is -0.00835. The number of carbonyl (C=O) groups excluding carboxylic acids is 2. The van der Waals surface area contributed by atoms with Crippen LogP contribution in [0.5, 0.6) is 0 Å². The molecule has 2 aromatic rings. The lowest BCUT2D eigenvalue weighted by Crippen LogP contribution is -2.37. The number of halogens is 1. The van der Waals surface area contributed by atoms with Gasteiger partial charge < -0.3 is 15.5 Å². The number of nitrogens with two attached hydrogens (primary N) is 1. The highest BCUT2D eigenvalue weighted by Gasteiger charge is 2.21. The summed E-state index contributed by atoms with van der Waals surface area (Å²) in [6.45, 7) is 2.96. The third-order valence-electron chi connectivity index (χ3n) is 4.92. The van der Waals surface area contributed by atoms with E-state index in [1.807, 2.05) is 52.3 Å². The Kier molecular flexibility index (Phi) is 8.48. The van der Waals surface area contributed by atoms with Crippen molar-refractivity contribution in [3.05, 3.63) is 71.3 Å². The third kappa shape index (κ3) is 5.81. The summed E-state index contributed by atoms with van der Waals surface area (Å²) in [5.41, 5.74) is 8.58. The van der Waals surface area contributed by atoms with E-state index in [1.165, 1.54) is 5.56 Å². The van der Waals surface area contributed by atoms with Crippen LogP contribution in [0, 0.1) is 0 Å². The van der Waals surface area contributed by atoms with E-state index in [1.54, 1.807) is 0 Å². The fraction of sp³-hybridized carbons (Fsp3) is 0.364. The van der Waals surface area contributed by atoms with Gasteiger partial charge in [-0.15, -0.1) is 12.4 Å². The van der Waals surface area contributed by atoms with Crippen LogP contribution in [-0.2, 0) is 17.8 Å². The first kappa shape index (κ1) is 21.9. The van der Waals surface area contributed by atoms with Gasteiger partial charge in [0, 0.05) is 44.7 Å². The number of rotatable bonds is 8. The minimum absolute atomic E-state index is 0. The molecule has 1 saturated heterocycles. The maximum absolute atomic E-state index is 13.0. The average molecular weight is 402 g/mol. The van der Waals surface area contributed by atoms with E-state index in [0.29, 0.717) is 38.2 Å². The van der Waals surface area contributed by atoms with Crippen LogP contribution in [0.4, 0.5) is 0 Å². The first-order valence-corrected chi connectivity index (χ1v) is 9.57. The van der Waals surface area contributed by atoms with Gasteiger partial charge in [-0.05, 0) is 36.1 Å². The van der Waals surface area contributed by atoms with Crippen LogP contribution < -0.4 is 5.73 Å². The van der Waals surface area contributed by atoms with Crippen LogP contribution in [0.25, 0.3) is 0 Å². The number of amides is 2. The summed E-state index contributed by atoms with van der Waals surface area (Å²) < 4.78 is 0. The molecule has 1 heterocycles. The number of hydrogen-bond acceptors (Lipinski definition) is 3. The lowest BCUT2D eigenvalue weighted by atomic mass is 10.1. The van der Waals surface area contributed by atoms with Gasteiger partial charge in [0.1, 0.15) is 0 Å². The molecule has 150 valence electrons. The standard InChI is InChI=1S/C22H27N3O2.ClH/c23-12-15-24(14-11-18-6-2-1-3-7-18)22(27)20-9-4-8-19(16-20)17-25-13-5-10-21(25)26;/h1-4,6-9,16H,5,10-15,17,23H2;1H. The summed E-state index contributed by atoms with van der Waals surface area (Å²) in [7, 11) is 0. The summed E-state index contributed by atoms with van der Waals surface area (Å²) in [5, 5.41) is 0. The van der Waals surface area contributed by atoms with Crippen molar-refractivity contribution in [1.29, 1.82) is 0 Å². The highest BCUT2D eigenvalue weighted by molar-refractivity contribution is 5.94. The Labute approximate surface area is 172 Å². The molecule has 3 rings (SSSR count). The topological polar surface area (TPSA) is 66.6 Å². The normalized spacial score (nSPS) is 13.3. The second-order valence-corrected chi connectivity index (χ2v) is 6.94. The quantitative estimate of drug-likeness (QED) is 0.739. The molecular formula is C22H28ClN3O2. The Bertz CT molecular complexity index is 782. The Morgan fingerprint density at radius 2 is 1.79 bits per heavy atom. The molecule has 6 heteroatoms. The van der Waals surface area contributed by atoms with Gasteiger partial charge in [-0.2, -0.15) is 0 Å². The van der Waals surface area contributed by atoms with E-state index in [2.05, 4.69) is 12.1 Å². The molecule has 0 saturated carbocycles. The minimum Gasteiger partial charge on any atom is -0.338 e. The van der Waals surface area contributed by atoms with Gasteiger partial charge in [0.05, 0.1) is 0 Å². The van der Waals surface area contributed by atoms with Crippen LogP contribution in [-0.4, -0.2) is 47.8 Å². The number of benzene rings is 2. The highest BCUT2D eigenvalue weighted by Crippen LogP contribution is 2.16. The van der Waals surface area contributed by atoms with Crippen molar-refractivity contribution in [3.8, 4) is 0 Å². The van der Waals surface area contributed by atoms with Crippen molar-refractivity contribution in [2.75, 3.05) is 26.2 Å². The van der Waals surface area contributed by atoms with Crippen LogP contribution >= 0.6 is 12.4 Å². The van der Waals surface area contributed by atoms with Gasteiger partial charge in [0.25, 0.3) is 5.91 Å². The van der Waals surface area contributed by atoms with Crippen LogP contribution in [0.1, 0.15) is 34.3 Å². The van der Waals surface area contributed by atoms with Crippen LogP contribution in [0.2, 0.25) is 0 Å². The zero-order chi connectivity index (χ0) is 19.1. The first-order valence-electron chi connectivity index (χ1n) is 9.57. The van der Waals surface area contributed by atoms with Gasteiger partial charge in [-0.3, -0.25) is 9.59 Å². The summed E-state index contributed by atoms with van der Waals surface area (Å²) in [6.07, 6.45) is 2.35. The molecule has 2 amide bonds. The molecule has 1 aliphatic heterocycles. The van der Waals surface area contributed by atoms with Gasteiger partial charge in [0.15, 0.2) is 0 Å². The van der Waals surface area contributed by atoms with E-state index < -0.39 is 0 Å². The van der Waals surface area contributed by atoms with Gasteiger partial charge in [-0.1, -0.05) is 42.5 Å². The van der Waals surface area contributed by atoms with Gasteiger partial charge >= 0.3 is 0 Å². The molecule has 5 nitrogen and oxygen atoms in total. The number of nitrogens with zero attached hydrogens (tertiary/aromatic N) is 2. The molecule has 1 fully saturated rings. The largest absolute Gasteiger partial charge is 0.338 e. The van der Waals surface area contributed by atoms with Crippen molar-refractivity contribution >= 4 is 24.2 Å². The van der Waals surface area contributed by atoms with Crippen molar-refractivity contribution in [1.82, 2.24) is 9.80 Å². The summed E-state index contributed by atoms with van der Waals surface area (Å²) in [4.78, 5) is 28.5. The van der Waals surface area contributed by atoms with Crippen molar-refractivity contribution < 1.29 is 9.59 Å². The lowest BCUT2D eigenvalue weighted by Gasteiger charge is -2.23. The SMILES string of the molecule is Cl.NCCN(CCc1ccccc1)C(=O)c1cccc(CN2CCCC2=O)c1. The van der Waals surface area contributed by atoms with Gasteiger partial charge in [0.2, 0.25) is 5.91 Å². The fourth-order valence-electron chi connectivity index (χ4n) is 3.46. The molecule has 0 spiro atoms. The van der Waals surface area contributed by atoms with E-state index >= 15 is 0 Å². The first-order chi connectivity index (χ1) is 13.2. The molecule has 0 radical (unpaired) electrons. The Morgan fingerprint density at radius 1 is 1.04 bits per heavy atom. The van der Waals surface area contributed by atoms with Crippen LogP contribution in [0.15, 0.2) is 54.6 Å². The third-order valence-corrected chi connectivity index (χ3v) is 4.92. The van der Waals surface area contributed by atoms with E-state index in [-0.39, 0.29) is 24.2 Å². The maximum Gasteiger partial charge on any atom is 0.253 e. The summed E-state index contributed by atoms with van der Waals surface area (Å²) in [5.74, 6) is 0.185. The zero-order valence-corrected chi connectivity index (χ0v) is 16.9. The van der Waals surface area contributed by atoms with Crippen molar-refractivity contribution in [2.45, 2.75) is 25.8 Å².